The number of methoxy groups -OCH3 is 2. The molecule has 0 saturated carbocycles. The number of rotatable bonds is 4. The number of ether oxygens (including phenoxy) is 3. The second-order valence-electron chi connectivity index (χ2n) is 5.56. The number of carbonyl (C=O) groups excluding carboxylic acids is 1. The van der Waals surface area contributed by atoms with E-state index in [-0.39, 0.29) is 12.0 Å². The highest BCUT2D eigenvalue weighted by Gasteiger charge is 2.29. The molecule has 1 atom stereocenters. The maximum atomic E-state index is 13.0. The second kappa shape index (κ2) is 7.36. The smallest absolute Gasteiger partial charge is 0.261 e. The van der Waals surface area contributed by atoms with Crippen LogP contribution in [-0.4, -0.2) is 44.7 Å². The Morgan fingerprint density at radius 1 is 1.04 bits per heavy atom. The molecule has 2 aromatic rings. The quantitative estimate of drug-likeness (QED) is 0.866. The fourth-order valence-electron chi connectivity index (χ4n) is 2.92. The number of benzene rings is 2. The molecule has 0 aromatic heterocycles. The van der Waals surface area contributed by atoms with Gasteiger partial charge in [0.05, 0.1) is 27.4 Å². The molecule has 0 radical (unpaired) electrons. The first-order valence-electron chi connectivity index (χ1n) is 7.91. The molecule has 1 aliphatic heterocycles. The van der Waals surface area contributed by atoms with E-state index in [9.17, 15) is 4.79 Å². The summed E-state index contributed by atoms with van der Waals surface area (Å²) < 4.78 is 16.5. The molecule has 0 unspecified atom stereocenters. The third-order valence-electron chi connectivity index (χ3n) is 4.17. The summed E-state index contributed by atoms with van der Waals surface area (Å²) in [5.74, 6) is 0.928. The summed E-state index contributed by atoms with van der Waals surface area (Å²) in [6.45, 7) is 1.55. The van der Waals surface area contributed by atoms with E-state index in [0.29, 0.717) is 36.8 Å². The monoisotopic (exact) mass is 327 g/mol. The van der Waals surface area contributed by atoms with Crippen molar-refractivity contribution in [3.8, 4) is 11.5 Å². The van der Waals surface area contributed by atoms with Gasteiger partial charge < -0.3 is 19.1 Å². The molecule has 0 bridgehead atoms. The lowest BCUT2D eigenvalue weighted by atomic mass is 10.1. The highest BCUT2D eigenvalue weighted by Crippen LogP contribution is 2.31. The van der Waals surface area contributed by atoms with Crippen LogP contribution in [0.15, 0.2) is 48.5 Å². The summed E-state index contributed by atoms with van der Waals surface area (Å²) in [7, 11) is 3.11. The third kappa shape index (κ3) is 3.21. The highest BCUT2D eigenvalue weighted by molar-refractivity contribution is 5.99. The summed E-state index contributed by atoms with van der Waals surface area (Å²) in [5.41, 5.74) is 1.53. The van der Waals surface area contributed by atoms with Crippen LogP contribution in [0.3, 0.4) is 0 Å². The van der Waals surface area contributed by atoms with Crippen LogP contribution >= 0.6 is 0 Å². The normalized spacial score (nSPS) is 17.4. The van der Waals surface area contributed by atoms with Gasteiger partial charge in [-0.05, 0) is 17.7 Å². The van der Waals surface area contributed by atoms with Crippen molar-refractivity contribution in [3.63, 3.8) is 0 Å². The molecule has 24 heavy (non-hydrogen) atoms. The van der Waals surface area contributed by atoms with Crippen LogP contribution < -0.4 is 9.47 Å². The second-order valence-corrected chi connectivity index (χ2v) is 5.56. The summed E-state index contributed by atoms with van der Waals surface area (Å²) in [6, 6.07) is 15.3. The van der Waals surface area contributed by atoms with Gasteiger partial charge in [0.25, 0.3) is 5.91 Å². The zero-order chi connectivity index (χ0) is 16.9. The van der Waals surface area contributed by atoms with Gasteiger partial charge in [0.2, 0.25) is 0 Å². The number of amides is 1. The fraction of sp³-hybridized carbons (Fsp3) is 0.316. The standard InChI is InChI=1S/C19H21NO4/c1-22-15-9-6-10-16(23-2)18(15)19(21)20-11-12-24-17(13-20)14-7-4-3-5-8-14/h3-10,17H,11-13H2,1-2H3/t17-/m1/s1. The topological polar surface area (TPSA) is 48.0 Å². The Morgan fingerprint density at radius 3 is 2.33 bits per heavy atom. The summed E-state index contributed by atoms with van der Waals surface area (Å²) >= 11 is 0. The minimum absolute atomic E-state index is 0.103. The van der Waals surface area contributed by atoms with Gasteiger partial charge in [-0.3, -0.25) is 4.79 Å². The van der Waals surface area contributed by atoms with Crippen molar-refractivity contribution >= 4 is 5.91 Å². The lowest BCUT2D eigenvalue weighted by molar-refractivity contribution is -0.0230. The van der Waals surface area contributed by atoms with E-state index in [4.69, 9.17) is 14.2 Å². The predicted molar refractivity (Wildman–Crippen MR) is 90.6 cm³/mol. The Hall–Kier alpha value is -2.53. The van der Waals surface area contributed by atoms with Crippen LogP contribution in [0.25, 0.3) is 0 Å². The average molecular weight is 327 g/mol. The number of hydrogen-bond acceptors (Lipinski definition) is 4. The predicted octanol–water partition coefficient (Wildman–Crippen LogP) is 2.92. The van der Waals surface area contributed by atoms with Gasteiger partial charge in [-0.15, -0.1) is 0 Å². The molecule has 1 amide bonds. The van der Waals surface area contributed by atoms with Gasteiger partial charge in [-0.1, -0.05) is 36.4 Å². The number of morpholine rings is 1. The van der Waals surface area contributed by atoms with E-state index in [0.717, 1.165) is 5.56 Å². The van der Waals surface area contributed by atoms with Crippen LogP contribution in [0.5, 0.6) is 11.5 Å². The third-order valence-corrected chi connectivity index (χ3v) is 4.17. The largest absolute Gasteiger partial charge is 0.496 e. The minimum atomic E-state index is -0.121. The van der Waals surface area contributed by atoms with Crippen molar-refractivity contribution in [2.24, 2.45) is 0 Å². The van der Waals surface area contributed by atoms with E-state index in [2.05, 4.69) is 0 Å². The zero-order valence-corrected chi connectivity index (χ0v) is 13.9. The zero-order valence-electron chi connectivity index (χ0n) is 13.9. The van der Waals surface area contributed by atoms with E-state index >= 15 is 0 Å². The highest BCUT2D eigenvalue weighted by atomic mass is 16.5. The van der Waals surface area contributed by atoms with Crippen LogP contribution in [0.4, 0.5) is 0 Å². The SMILES string of the molecule is COc1cccc(OC)c1C(=O)N1CCO[C@@H](c2ccccc2)C1. The van der Waals surface area contributed by atoms with Crippen LogP contribution in [-0.2, 0) is 4.74 Å². The first-order chi connectivity index (χ1) is 11.7. The molecule has 0 spiro atoms. The fourth-order valence-corrected chi connectivity index (χ4v) is 2.92. The molecule has 0 aliphatic carbocycles. The van der Waals surface area contributed by atoms with E-state index < -0.39 is 0 Å². The number of carbonyl (C=O) groups is 1. The van der Waals surface area contributed by atoms with Gasteiger partial charge >= 0.3 is 0 Å². The Bertz CT molecular complexity index is 680. The maximum absolute atomic E-state index is 13.0. The Kier molecular flexibility index (Phi) is 5.01. The first kappa shape index (κ1) is 16.3. The van der Waals surface area contributed by atoms with Crippen molar-refractivity contribution in [2.45, 2.75) is 6.10 Å². The van der Waals surface area contributed by atoms with E-state index in [1.165, 1.54) is 0 Å². The molecular weight excluding hydrogens is 306 g/mol. The Balaban J connectivity index is 1.85. The lowest BCUT2D eigenvalue weighted by Crippen LogP contribution is -2.42. The van der Waals surface area contributed by atoms with Crippen molar-refractivity contribution in [1.82, 2.24) is 4.90 Å². The van der Waals surface area contributed by atoms with Gasteiger partial charge in [0.1, 0.15) is 23.2 Å². The van der Waals surface area contributed by atoms with Gasteiger partial charge in [0.15, 0.2) is 0 Å². The van der Waals surface area contributed by atoms with Crippen LogP contribution in [0.1, 0.15) is 22.0 Å². The molecule has 1 fully saturated rings. The number of hydrogen-bond donors (Lipinski definition) is 0. The lowest BCUT2D eigenvalue weighted by Gasteiger charge is -2.33. The van der Waals surface area contributed by atoms with Gasteiger partial charge in [-0.2, -0.15) is 0 Å². The molecule has 3 rings (SSSR count). The van der Waals surface area contributed by atoms with Gasteiger partial charge in [0, 0.05) is 6.54 Å². The molecule has 1 saturated heterocycles. The van der Waals surface area contributed by atoms with Crippen molar-refractivity contribution in [1.29, 1.82) is 0 Å². The molecule has 2 aromatic carbocycles. The van der Waals surface area contributed by atoms with Crippen molar-refractivity contribution < 1.29 is 19.0 Å². The van der Waals surface area contributed by atoms with E-state index in [1.54, 1.807) is 37.3 Å². The average Bonchev–Trinajstić information content (AvgIpc) is 2.67. The summed E-state index contributed by atoms with van der Waals surface area (Å²) in [6.07, 6.45) is -0.121. The molecule has 0 N–H and O–H groups in total. The molecule has 5 nitrogen and oxygen atoms in total. The molecular formula is C19H21NO4. The minimum Gasteiger partial charge on any atom is -0.496 e. The Morgan fingerprint density at radius 2 is 1.71 bits per heavy atom. The van der Waals surface area contributed by atoms with Crippen LogP contribution in [0.2, 0.25) is 0 Å². The number of nitrogens with zero attached hydrogens (tertiary/aromatic N) is 1. The van der Waals surface area contributed by atoms with Crippen molar-refractivity contribution in [2.75, 3.05) is 33.9 Å². The van der Waals surface area contributed by atoms with Crippen molar-refractivity contribution in [3.05, 3.63) is 59.7 Å². The molecule has 5 heteroatoms. The first-order valence-corrected chi connectivity index (χ1v) is 7.91. The maximum Gasteiger partial charge on any atom is 0.261 e. The van der Waals surface area contributed by atoms with Crippen LogP contribution in [0, 0.1) is 0 Å². The summed E-state index contributed by atoms with van der Waals surface area (Å²) in [4.78, 5) is 14.8. The molecule has 126 valence electrons. The summed E-state index contributed by atoms with van der Waals surface area (Å²) in [5, 5.41) is 0. The molecule has 1 aliphatic rings. The molecule has 1 heterocycles. The Labute approximate surface area is 141 Å². The van der Waals surface area contributed by atoms with Gasteiger partial charge in [-0.25, -0.2) is 0 Å². The van der Waals surface area contributed by atoms with E-state index in [1.807, 2.05) is 30.3 Å².